The van der Waals surface area contributed by atoms with Crippen molar-refractivity contribution in [3.63, 3.8) is 0 Å². The molecule has 21 heavy (non-hydrogen) atoms. The van der Waals surface area contributed by atoms with Gasteiger partial charge in [-0.1, -0.05) is 42.5 Å². The van der Waals surface area contributed by atoms with Gasteiger partial charge in [0, 0.05) is 12.1 Å². The number of non-ortho nitro benzene ring substituents is 1. The number of nitro benzene ring substituents is 1. The third-order valence-electron chi connectivity index (χ3n) is 3.41. The maximum Gasteiger partial charge on any atom is 0.269 e. The zero-order chi connectivity index (χ0) is 15.2. The summed E-state index contributed by atoms with van der Waals surface area (Å²) in [5.74, 6) is -0.704. The normalized spacial score (nSPS) is 11.8. The van der Waals surface area contributed by atoms with Gasteiger partial charge in [-0.05, 0) is 24.0 Å². The van der Waals surface area contributed by atoms with Crippen LogP contribution in [-0.2, 0) is 11.2 Å². The zero-order valence-electron chi connectivity index (χ0n) is 11.4. The number of hydrogen-bond donors (Lipinski definition) is 1. The van der Waals surface area contributed by atoms with Gasteiger partial charge in [0.15, 0.2) is 0 Å². The Balaban J connectivity index is 2.05. The molecule has 1 atom stereocenters. The van der Waals surface area contributed by atoms with Crippen LogP contribution in [0, 0.1) is 10.1 Å². The van der Waals surface area contributed by atoms with Crippen LogP contribution in [0.15, 0.2) is 54.6 Å². The summed E-state index contributed by atoms with van der Waals surface area (Å²) >= 11 is 0. The third kappa shape index (κ3) is 3.89. The first-order valence-electron chi connectivity index (χ1n) is 6.65. The molecule has 0 saturated heterocycles. The number of rotatable bonds is 6. The number of hydrogen-bond acceptors (Lipinski definition) is 3. The highest BCUT2D eigenvalue weighted by atomic mass is 16.6. The van der Waals surface area contributed by atoms with E-state index in [0.29, 0.717) is 12.8 Å². The molecule has 0 radical (unpaired) electrons. The topological polar surface area (TPSA) is 86.2 Å². The Bertz CT molecular complexity index is 624. The molecule has 0 saturated carbocycles. The summed E-state index contributed by atoms with van der Waals surface area (Å²) in [6.07, 6.45) is 1.22. The summed E-state index contributed by atoms with van der Waals surface area (Å²) < 4.78 is 0. The van der Waals surface area contributed by atoms with E-state index in [4.69, 9.17) is 5.73 Å². The smallest absolute Gasteiger partial charge is 0.269 e. The molecule has 2 rings (SSSR count). The zero-order valence-corrected chi connectivity index (χ0v) is 11.4. The summed E-state index contributed by atoms with van der Waals surface area (Å²) in [6, 6.07) is 15.7. The maximum atomic E-state index is 11.6. The van der Waals surface area contributed by atoms with Gasteiger partial charge in [0.05, 0.1) is 10.8 Å². The van der Waals surface area contributed by atoms with Crippen LogP contribution in [0.2, 0.25) is 0 Å². The Morgan fingerprint density at radius 2 is 1.71 bits per heavy atom. The lowest BCUT2D eigenvalue weighted by atomic mass is 9.92. The van der Waals surface area contributed by atoms with Crippen LogP contribution in [0.5, 0.6) is 0 Å². The predicted octanol–water partition coefficient (Wildman–Crippen LogP) is 2.80. The molecule has 0 heterocycles. The van der Waals surface area contributed by atoms with Gasteiger partial charge in [0.1, 0.15) is 0 Å². The number of nitrogens with two attached hydrogens (primary N) is 1. The van der Waals surface area contributed by atoms with Gasteiger partial charge >= 0.3 is 0 Å². The Morgan fingerprint density at radius 1 is 1.10 bits per heavy atom. The summed E-state index contributed by atoms with van der Waals surface area (Å²) in [7, 11) is 0. The molecule has 0 aliphatic carbocycles. The molecule has 5 heteroatoms. The first-order valence-corrected chi connectivity index (χ1v) is 6.65. The van der Waals surface area contributed by atoms with Gasteiger partial charge < -0.3 is 5.73 Å². The van der Waals surface area contributed by atoms with Gasteiger partial charge in [0.2, 0.25) is 5.91 Å². The molecule has 0 aliphatic rings. The quantitative estimate of drug-likeness (QED) is 0.653. The van der Waals surface area contributed by atoms with E-state index in [-0.39, 0.29) is 17.5 Å². The largest absolute Gasteiger partial charge is 0.369 e. The van der Waals surface area contributed by atoms with Crippen molar-refractivity contribution in [2.45, 2.75) is 18.8 Å². The van der Waals surface area contributed by atoms with Crippen LogP contribution in [0.1, 0.15) is 23.5 Å². The summed E-state index contributed by atoms with van der Waals surface area (Å²) in [4.78, 5) is 21.8. The summed E-state index contributed by atoms with van der Waals surface area (Å²) in [6.45, 7) is 0. The van der Waals surface area contributed by atoms with Crippen LogP contribution in [0.25, 0.3) is 0 Å². The Labute approximate surface area is 122 Å². The fraction of sp³-hybridized carbons (Fsp3) is 0.188. The molecular formula is C16H16N2O3. The number of benzene rings is 2. The lowest BCUT2D eigenvalue weighted by molar-refractivity contribution is -0.384. The lowest BCUT2D eigenvalue weighted by Crippen LogP contribution is -2.22. The lowest BCUT2D eigenvalue weighted by Gasteiger charge is -2.13. The number of nitrogens with zero attached hydrogens (tertiary/aromatic N) is 1. The number of primary amides is 1. The number of nitro groups is 1. The minimum atomic E-state index is -0.431. The van der Waals surface area contributed by atoms with E-state index < -0.39 is 4.92 Å². The van der Waals surface area contributed by atoms with Crippen LogP contribution in [0.4, 0.5) is 5.69 Å². The Kier molecular flexibility index (Phi) is 4.66. The molecule has 1 amide bonds. The molecule has 5 nitrogen and oxygen atoms in total. The molecule has 2 N–H and O–H groups in total. The van der Waals surface area contributed by atoms with Gasteiger partial charge in [-0.3, -0.25) is 14.9 Å². The average molecular weight is 284 g/mol. The van der Waals surface area contributed by atoms with Crippen molar-refractivity contribution in [1.82, 2.24) is 0 Å². The summed E-state index contributed by atoms with van der Waals surface area (Å²) in [5, 5.41) is 10.6. The van der Waals surface area contributed by atoms with Crippen LogP contribution < -0.4 is 5.73 Å². The highest BCUT2D eigenvalue weighted by Gasteiger charge is 2.17. The van der Waals surface area contributed by atoms with Crippen molar-refractivity contribution in [3.8, 4) is 0 Å². The molecule has 2 aromatic carbocycles. The molecular weight excluding hydrogens is 268 g/mol. The van der Waals surface area contributed by atoms with Gasteiger partial charge in [0.25, 0.3) is 5.69 Å². The molecule has 0 aliphatic heterocycles. The van der Waals surface area contributed by atoms with Gasteiger partial charge in [-0.15, -0.1) is 0 Å². The molecule has 0 bridgehead atoms. The van der Waals surface area contributed by atoms with Gasteiger partial charge in [-0.2, -0.15) is 0 Å². The van der Waals surface area contributed by atoms with E-state index in [9.17, 15) is 14.9 Å². The maximum absolute atomic E-state index is 11.6. The van der Waals surface area contributed by atoms with Gasteiger partial charge in [-0.25, -0.2) is 0 Å². The van der Waals surface area contributed by atoms with E-state index in [1.807, 2.05) is 30.3 Å². The molecule has 0 aromatic heterocycles. The molecule has 2 aromatic rings. The van der Waals surface area contributed by atoms with E-state index >= 15 is 0 Å². The van der Waals surface area contributed by atoms with Crippen LogP contribution >= 0.6 is 0 Å². The van der Waals surface area contributed by atoms with Crippen molar-refractivity contribution in [1.29, 1.82) is 0 Å². The van der Waals surface area contributed by atoms with Crippen molar-refractivity contribution < 1.29 is 9.72 Å². The number of carbonyl (C=O) groups excluding carboxylic acids is 1. The number of amides is 1. The SMILES string of the molecule is NC(=O)C(CCc1ccc([N+](=O)[O-])cc1)c1ccccc1. The Hall–Kier alpha value is -2.69. The third-order valence-corrected chi connectivity index (χ3v) is 3.41. The van der Waals surface area contributed by atoms with Crippen molar-refractivity contribution in [2.24, 2.45) is 5.73 Å². The second kappa shape index (κ2) is 6.65. The molecule has 1 unspecified atom stereocenters. The number of carbonyl (C=O) groups is 1. The van der Waals surface area contributed by atoms with Crippen molar-refractivity contribution in [2.75, 3.05) is 0 Å². The monoisotopic (exact) mass is 284 g/mol. The standard InChI is InChI=1S/C16H16N2O3/c17-16(19)15(13-4-2-1-3-5-13)11-8-12-6-9-14(10-7-12)18(20)21/h1-7,9-10,15H,8,11H2,(H2,17,19). The van der Waals surface area contributed by atoms with Crippen LogP contribution in [-0.4, -0.2) is 10.8 Å². The molecule has 108 valence electrons. The Morgan fingerprint density at radius 3 is 2.24 bits per heavy atom. The minimum absolute atomic E-state index is 0.0632. The minimum Gasteiger partial charge on any atom is -0.369 e. The van der Waals surface area contributed by atoms with Crippen LogP contribution in [0.3, 0.4) is 0 Å². The van der Waals surface area contributed by atoms with E-state index in [0.717, 1.165) is 11.1 Å². The average Bonchev–Trinajstić information content (AvgIpc) is 2.48. The first kappa shape index (κ1) is 14.7. The second-order valence-electron chi connectivity index (χ2n) is 4.83. The second-order valence-corrected chi connectivity index (χ2v) is 4.83. The van der Waals surface area contributed by atoms with E-state index in [2.05, 4.69) is 0 Å². The number of aryl methyl sites for hydroxylation is 1. The highest BCUT2D eigenvalue weighted by Crippen LogP contribution is 2.22. The van der Waals surface area contributed by atoms with Crippen molar-refractivity contribution in [3.05, 3.63) is 75.8 Å². The predicted molar refractivity (Wildman–Crippen MR) is 79.8 cm³/mol. The van der Waals surface area contributed by atoms with Crippen molar-refractivity contribution >= 4 is 11.6 Å². The summed E-state index contributed by atoms with van der Waals surface area (Å²) in [5.41, 5.74) is 7.37. The first-order chi connectivity index (χ1) is 10.1. The van der Waals surface area contributed by atoms with E-state index in [1.54, 1.807) is 12.1 Å². The molecule has 0 spiro atoms. The fourth-order valence-electron chi connectivity index (χ4n) is 2.25. The highest BCUT2D eigenvalue weighted by molar-refractivity contribution is 5.81. The fourth-order valence-corrected chi connectivity index (χ4v) is 2.25. The molecule has 0 fully saturated rings. The van der Waals surface area contributed by atoms with E-state index in [1.165, 1.54) is 12.1 Å².